The van der Waals surface area contributed by atoms with Crippen molar-refractivity contribution in [3.63, 3.8) is 0 Å². The Bertz CT molecular complexity index is 3070. The first kappa shape index (κ1) is 29.3. The van der Waals surface area contributed by atoms with Gasteiger partial charge in [-0.05, 0) is 59.4 Å². The van der Waals surface area contributed by atoms with Crippen LogP contribution in [0.4, 0.5) is 0 Å². The third kappa shape index (κ3) is 4.05. The van der Waals surface area contributed by atoms with Gasteiger partial charge in [-0.3, -0.25) is 4.98 Å². The van der Waals surface area contributed by atoms with Crippen molar-refractivity contribution < 1.29 is 20.4 Å². The quantitative estimate of drug-likeness (QED) is 0.0838. The number of phenols is 4. The number of rotatable bonds is 3. The highest BCUT2D eigenvalue weighted by atomic mass is 32.1. The molecule has 0 saturated carbocycles. The lowest BCUT2D eigenvalue weighted by Crippen LogP contribution is -2.10. The number of phenolic OH excluding ortho intramolecular Hbond substituents is 4. The highest BCUT2D eigenvalue weighted by Gasteiger charge is 2.26. The van der Waals surface area contributed by atoms with E-state index in [2.05, 4.69) is 82.3 Å². The van der Waals surface area contributed by atoms with Crippen molar-refractivity contribution in [2.75, 3.05) is 0 Å². The van der Waals surface area contributed by atoms with Gasteiger partial charge in [-0.2, -0.15) is 0 Å². The maximum Gasteiger partial charge on any atom is 0.204 e. The minimum atomic E-state index is -0.929. The molecule has 10 heteroatoms. The van der Waals surface area contributed by atoms with E-state index in [0.717, 1.165) is 22.1 Å². The number of benzene rings is 6. The van der Waals surface area contributed by atoms with Gasteiger partial charge in [-0.15, -0.1) is 11.3 Å². The molecule has 4 N–H and O–H groups in total. The summed E-state index contributed by atoms with van der Waals surface area (Å²) in [7, 11) is 6.15. The van der Waals surface area contributed by atoms with Crippen LogP contribution in [-0.4, -0.2) is 47.8 Å². The summed E-state index contributed by atoms with van der Waals surface area (Å²) >= 11 is 1.83. The average Bonchev–Trinajstić information content (AvgIpc) is 3.73. The van der Waals surface area contributed by atoms with Crippen LogP contribution in [-0.2, 0) is 0 Å². The summed E-state index contributed by atoms with van der Waals surface area (Å²) in [5, 5.41) is 49.0. The molecular weight excluding hydrogens is 655 g/mol. The van der Waals surface area contributed by atoms with E-state index in [1.54, 1.807) is 18.3 Å². The molecule has 0 spiro atoms. The summed E-state index contributed by atoms with van der Waals surface area (Å²) in [4.78, 5) is 13.9. The van der Waals surface area contributed by atoms with E-state index < -0.39 is 23.0 Å². The number of fused-ring (bicyclic) bond motifs is 11. The first-order valence-corrected chi connectivity index (χ1v) is 17.0. The summed E-state index contributed by atoms with van der Waals surface area (Å²) in [6.07, 6.45) is 1.54. The lowest BCUT2D eigenvalue weighted by Gasteiger charge is -2.16. The van der Waals surface area contributed by atoms with Crippen LogP contribution in [0.1, 0.15) is 0 Å². The number of hydrogen-bond acceptors (Lipinski definition) is 8. The standard InChI is InChI=1S/C41H23BN4O4S/c42-32-31(36(47)38(49)39(50)37(32)48)34-33-26(12-7-19-43-33)44-41(45-34)20-15-17-21(18-16-20)46-27-13-5-3-10-24(27)30-35(46)23-9-2-1-8-22(23)29-25-11-4-6-14-28(25)51-40(29)30/h1-19,47-50H. The number of aromatic nitrogens is 4. The van der Waals surface area contributed by atoms with E-state index in [-0.39, 0.29) is 22.2 Å². The Hall–Kier alpha value is -6.65. The van der Waals surface area contributed by atoms with Crippen molar-refractivity contribution in [2.45, 2.75) is 0 Å². The molecule has 0 aliphatic heterocycles. The molecule has 0 saturated heterocycles. The SMILES string of the molecule is [B]c1c(O)c(O)c(O)c(O)c1-c1nc(-c2ccc(-n3c4ccccc4c4c5sc6ccccc6c5c5ccccc5c43)cc2)nc2cccnc12. The zero-order chi connectivity index (χ0) is 34.5. The number of hydrogen-bond donors (Lipinski definition) is 4. The van der Waals surface area contributed by atoms with Crippen LogP contribution < -0.4 is 5.46 Å². The Morgan fingerprint density at radius 2 is 1.29 bits per heavy atom. The molecule has 0 fully saturated rings. The molecule has 4 aromatic heterocycles. The number of pyridine rings is 1. The molecule has 0 amide bonds. The highest BCUT2D eigenvalue weighted by Crippen LogP contribution is 2.49. The molecule has 0 atom stereocenters. The predicted octanol–water partition coefficient (Wildman–Crippen LogP) is 8.59. The second-order valence-electron chi connectivity index (χ2n) is 12.4. The lowest BCUT2D eigenvalue weighted by atomic mass is 9.86. The van der Waals surface area contributed by atoms with Crippen molar-refractivity contribution in [2.24, 2.45) is 0 Å². The van der Waals surface area contributed by atoms with E-state index in [1.807, 2.05) is 35.6 Å². The van der Waals surface area contributed by atoms with Crippen LogP contribution >= 0.6 is 11.3 Å². The second kappa shape index (κ2) is 10.7. The van der Waals surface area contributed by atoms with Crippen molar-refractivity contribution in [3.8, 4) is 51.3 Å². The van der Waals surface area contributed by atoms with Crippen molar-refractivity contribution in [1.82, 2.24) is 19.5 Å². The molecule has 6 aromatic carbocycles. The van der Waals surface area contributed by atoms with Gasteiger partial charge in [0.2, 0.25) is 11.5 Å². The van der Waals surface area contributed by atoms with Crippen LogP contribution in [0.25, 0.3) is 92.1 Å². The summed E-state index contributed by atoms with van der Waals surface area (Å²) in [6.45, 7) is 0. The van der Waals surface area contributed by atoms with Crippen LogP contribution in [0.15, 0.2) is 115 Å². The largest absolute Gasteiger partial charge is 0.505 e. The van der Waals surface area contributed by atoms with Crippen molar-refractivity contribution >= 4 is 88.4 Å². The van der Waals surface area contributed by atoms with E-state index in [0.29, 0.717) is 16.9 Å². The first-order valence-electron chi connectivity index (χ1n) is 16.1. The van der Waals surface area contributed by atoms with Gasteiger partial charge >= 0.3 is 0 Å². The fourth-order valence-corrected chi connectivity index (χ4v) is 8.65. The number of thiophene rings is 1. The minimum Gasteiger partial charge on any atom is -0.505 e. The molecule has 0 aliphatic rings. The maximum absolute atomic E-state index is 10.9. The molecule has 51 heavy (non-hydrogen) atoms. The lowest BCUT2D eigenvalue weighted by molar-refractivity contribution is 0.348. The number of aromatic hydroxyl groups is 4. The molecule has 10 rings (SSSR count). The minimum absolute atomic E-state index is 0.0847. The third-order valence-electron chi connectivity index (χ3n) is 9.66. The summed E-state index contributed by atoms with van der Waals surface area (Å²) in [6, 6.07) is 37.1. The third-order valence-corrected chi connectivity index (χ3v) is 10.8. The fourth-order valence-electron chi connectivity index (χ4n) is 7.38. The van der Waals surface area contributed by atoms with Gasteiger partial charge in [-0.25, -0.2) is 9.97 Å². The Kier molecular flexibility index (Phi) is 6.13. The normalized spacial score (nSPS) is 11.9. The van der Waals surface area contributed by atoms with Crippen molar-refractivity contribution in [1.29, 1.82) is 0 Å². The predicted molar refractivity (Wildman–Crippen MR) is 205 cm³/mol. The monoisotopic (exact) mass is 678 g/mol. The molecule has 0 aliphatic carbocycles. The molecule has 8 nitrogen and oxygen atoms in total. The highest BCUT2D eigenvalue weighted by molar-refractivity contribution is 7.27. The van der Waals surface area contributed by atoms with Gasteiger partial charge in [0.15, 0.2) is 17.3 Å². The molecule has 2 radical (unpaired) electrons. The molecular formula is C41H23BN4O4S. The molecule has 240 valence electrons. The molecule has 4 heterocycles. The van der Waals surface area contributed by atoms with Crippen LogP contribution in [0.5, 0.6) is 23.0 Å². The number of nitrogens with zero attached hydrogens (tertiary/aromatic N) is 4. The second-order valence-corrected chi connectivity index (χ2v) is 13.5. The smallest absolute Gasteiger partial charge is 0.204 e. The molecule has 0 bridgehead atoms. The van der Waals surface area contributed by atoms with Gasteiger partial charge in [-0.1, -0.05) is 60.7 Å². The Morgan fingerprint density at radius 3 is 2.10 bits per heavy atom. The van der Waals surface area contributed by atoms with Crippen LogP contribution in [0.3, 0.4) is 0 Å². The number of para-hydroxylation sites is 1. The topological polar surface area (TPSA) is 125 Å². The van der Waals surface area contributed by atoms with Gasteiger partial charge in [0.25, 0.3) is 0 Å². The maximum atomic E-state index is 10.9. The molecule has 0 unspecified atom stereocenters. The van der Waals surface area contributed by atoms with E-state index in [1.165, 1.54) is 36.3 Å². The summed E-state index contributed by atoms with van der Waals surface area (Å²) in [5.41, 5.74) is 4.14. The van der Waals surface area contributed by atoms with Crippen LogP contribution in [0.2, 0.25) is 0 Å². The van der Waals surface area contributed by atoms with Crippen molar-refractivity contribution in [3.05, 3.63) is 115 Å². The summed E-state index contributed by atoms with van der Waals surface area (Å²) < 4.78 is 4.83. The van der Waals surface area contributed by atoms with Gasteiger partial charge in [0.1, 0.15) is 19.1 Å². The van der Waals surface area contributed by atoms with Gasteiger partial charge in [0, 0.05) is 59.3 Å². The Labute approximate surface area is 294 Å². The summed E-state index contributed by atoms with van der Waals surface area (Å²) in [5.74, 6) is -3.05. The Balaban J connectivity index is 1.21. The van der Waals surface area contributed by atoms with E-state index in [9.17, 15) is 20.4 Å². The zero-order valence-corrected chi connectivity index (χ0v) is 27.3. The van der Waals surface area contributed by atoms with Gasteiger partial charge in [0.05, 0.1) is 16.6 Å². The Morgan fingerprint density at radius 1 is 0.608 bits per heavy atom. The van der Waals surface area contributed by atoms with Gasteiger partial charge < -0.3 is 25.0 Å². The zero-order valence-electron chi connectivity index (χ0n) is 26.5. The van der Waals surface area contributed by atoms with Crippen LogP contribution in [0, 0.1) is 0 Å². The average molecular weight is 679 g/mol. The first-order chi connectivity index (χ1) is 24.9. The van der Waals surface area contributed by atoms with E-state index >= 15 is 0 Å². The van der Waals surface area contributed by atoms with E-state index in [4.69, 9.17) is 17.8 Å². The fraction of sp³-hybridized carbons (Fsp3) is 0. The molecule has 10 aromatic rings.